The zero-order valence-corrected chi connectivity index (χ0v) is 15.5. The van der Waals surface area contributed by atoms with Gasteiger partial charge in [0, 0.05) is 35.5 Å². The maximum Gasteiger partial charge on any atom is 0.188 e. The van der Waals surface area contributed by atoms with Crippen LogP contribution in [0.5, 0.6) is 5.75 Å². The number of rotatable bonds is 5. The van der Waals surface area contributed by atoms with Crippen molar-refractivity contribution in [2.24, 2.45) is 10.2 Å². The number of hydrogen-bond donors (Lipinski definition) is 1. The quantitative estimate of drug-likeness (QED) is 0.634. The van der Waals surface area contributed by atoms with Crippen molar-refractivity contribution >= 4 is 49.1 Å². The molecule has 0 radical (unpaired) electrons. The number of benzene rings is 1. The van der Waals surface area contributed by atoms with E-state index >= 15 is 0 Å². The Kier molecular flexibility index (Phi) is 5.90. The molecule has 7 heteroatoms. The number of phenolic OH excluding ortho intramolecular Hbond substituents is 1. The second kappa shape index (κ2) is 7.69. The molecule has 0 aliphatic carbocycles. The van der Waals surface area contributed by atoms with Crippen LogP contribution in [-0.2, 0) is 0 Å². The van der Waals surface area contributed by atoms with E-state index in [1.165, 1.54) is 0 Å². The van der Waals surface area contributed by atoms with Crippen LogP contribution in [0.15, 0.2) is 49.6 Å². The van der Waals surface area contributed by atoms with Crippen LogP contribution in [0.1, 0.15) is 13.8 Å². The normalized spacial score (nSPS) is 11.1. The molecule has 0 bridgehead atoms. The Morgan fingerprint density at radius 2 is 1.86 bits per heavy atom. The molecule has 1 N–H and O–H groups in total. The maximum absolute atomic E-state index is 10.1. The highest BCUT2D eigenvalue weighted by Gasteiger charge is 2.07. The molecule has 0 atom stereocenters. The Morgan fingerprint density at radius 3 is 2.45 bits per heavy atom. The lowest BCUT2D eigenvalue weighted by Crippen LogP contribution is -2.21. The lowest BCUT2D eigenvalue weighted by atomic mass is 10.2. The highest BCUT2D eigenvalue weighted by atomic mass is 79.9. The molecule has 0 fully saturated rings. The highest BCUT2D eigenvalue weighted by Crippen LogP contribution is 2.33. The standard InChI is InChI=1S/C15H16Br2N4O/c1-3-21(4-2)11-5-6-13(14(22)8-11)19-20-15-12(17)7-10(16)9-18-15/h5-9,22H,3-4H2,1-2H3/b20-19+. The number of nitrogens with zero attached hydrogens (tertiary/aromatic N) is 4. The van der Waals surface area contributed by atoms with Crippen LogP contribution >= 0.6 is 31.9 Å². The van der Waals surface area contributed by atoms with Crippen LogP contribution in [0.2, 0.25) is 0 Å². The molecular weight excluding hydrogens is 412 g/mol. The van der Waals surface area contributed by atoms with Gasteiger partial charge in [-0.15, -0.1) is 10.2 Å². The van der Waals surface area contributed by atoms with Crippen molar-refractivity contribution in [1.82, 2.24) is 4.98 Å². The lowest BCUT2D eigenvalue weighted by Gasteiger charge is -2.21. The smallest absolute Gasteiger partial charge is 0.188 e. The third-order valence-corrected chi connectivity index (χ3v) is 4.15. The molecule has 116 valence electrons. The minimum Gasteiger partial charge on any atom is -0.506 e. The van der Waals surface area contributed by atoms with E-state index in [4.69, 9.17) is 0 Å². The summed E-state index contributed by atoms with van der Waals surface area (Å²) < 4.78 is 1.58. The van der Waals surface area contributed by atoms with Gasteiger partial charge in [0.25, 0.3) is 0 Å². The zero-order valence-electron chi connectivity index (χ0n) is 12.3. The van der Waals surface area contributed by atoms with Crippen molar-refractivity contribution in [2.75, 3.05) is 18.0 Å². The number of pyridine rings is 1. The minimum absolute atomic E-state index is 0.0985. The summed E-state index contributed by atoms with van der Waals surface area (Å²) in [6, 6.07) is 7.21. The van der Waals surface area contributed by atoms with Crippen molar-refractivity contribution in [1.29, 1.82) is 0 Å². The topological polar surface area (TPSA) is 61.1 Å². The molecule has 0 spiro atoms. The highest BCUT2D eigenvalue weighted by molar-refractivity contribution is 9.11. The number of azo groups is 1. The van der Waals surface area contributed by atoms with E-state index in [1.807, 2.05) is 12.1 Å². The van der Waals surface area contributed by atoms with Gasteiger partial charge in [-0.2, -0.15) is 0 Å². The molecule has 22 heavy (non-hydrogen) atoms. The van der Waals surface area contributed by atoms with E-state index in [1.54, 1.807) is 18.3 Å². The van der Waals surface area contributed by atoms with Crippen LogP contribution in [0, 0.1) is 0 Å². The molecule has 1 aromatic heterocycles. The van der Waals surface area contributed by atoms with Gasteiger partial charge in [-0.25, -0.2) is 4.98 Å². The molecule has 5 nitrogen and oxygen atoms in total. The van der Waals surface area contributed by atoms with E-state index < -0.39 is 0 Å². The van der Waals surface area contributed by atoms with Crippen molar-refractivity contribution in [3.05, 3.63) is 39.4 Å². The van der Waals surface area contributed by atoms with E-state index in [9.17, 15) is 5.11 Å². The van der Waals surface area contributed by atoms with Gasteiger partial charge in [0.1, 0.15) is 11.4 Å². The lowest BCUT2D eigenvalue weighted by molar-refractivity contribution is 0.476. The van der Waals surface area contributed by atoms with Gasteiger partial charge >= 0.3 is 0 Å². The van der Waals surface area contributed by atoms with Crippen molar-refractivity contribution in [2.45, 2.75) is 13.8 Å². The Balaban J connectivity index is 2.24. The van der Waals surface area contributed by atoms with Crippen molar-refractivity contribution < 1.29 is 5.11 Å². The Bertz CT molecular complexity index is 687. The first-order valence-electron chi connectivity index (χ1n) is 6.85. The first kappa shape index (κ1) is 16.9. The number of halogens is 2. The summed E-state index contributed by atoms with van der Waals surface area (Å²) in [6.45, 7) is 5.91. The van der Waals surface area contributed by atoms with Gasteiger partial charge in [0.05, 0.1) is 4.47 Å². The summed E-state index contributed by atoms with van der Waals surface area (Å²) in [5.74, 6) is 0.553. The summed E-state index contributed by atoms with van der Waals surface area (Å²) in [5.41, 5.74) is 1.37. The molecule has 0 aliphatic rings. The number of anilines is 1. The predicted molar refractivity (Wildman–Crippen MR) is 95.5 cm³/mol. The Labute approximate surface area is 146 Å². The van der Waals surface area contributed by atoms with Crippen LogP contribution in [0.4, 0.5) is 17.2 Å². The number of hydrogen-bond acceptors (Lipinski definition) is 5. The largest absolute Gasteiger partial charge is 0.506 e. The van der Waals surface area contributed by atoms with Crippen molar-refractivity contribution in [3.8, 4) is 5.75 Å². The third kappa shape index (κ3) is 4.04. The second-order valence-corrected chi connectivity index (χ2v) is 6.27. The van der Waals surface area contributed by atoms with E-state index in [0.717, 1.165) is 27.7 Å². The summed E-state index contributed by atoms with van der Waals surface area (Å²) >= 11 is 6.70. The average molecular weight is 428 g/mol. The van der Waals surface area contributed by atoms with Gasteiger partial charge in [0.15, 0.2) is 5.82 Å². The molecule has 1 heterocycles. The first-order valence-corrected chi connectivity index (χ1v) is 8.44. The zero-order chi connectivity index (χ0) is 16.1. The van der Waals surface area contributed by atoms with Crippen LogP contribution in [0.3, 0.4) is 0 Å². The van der Waals surface area contributed by atoms with E-state index in [0.29, 0.717) is 11.5 Å². The maximum atomic E-state index is 10.1. The second-order valence-electron chi connectivity index (χ2n) is 4.50. The minimum atomic E-state index is 0.0985. The van der Waals surface area contributed by atoms with Crippen LogP contribution in [0.25, 0.3) is 0 Å². The van der Waals surface area contributed by atoms with E-state index in [-0.39, 0.29) is 5.75 Å². The SMILES string of the molecule is CCN(CC)c1ccc(/N=N/c2ncc(Br)cc2Br)c(O)c1. The van der Waals surface area contributed by atoms with Crippen LogP contribution < -0.4 is 4.90 Å². The molecular formula is C15H16Br2N4O. The van der Waals surface area contributed by atoms with Gasteiger partial charge in [-0.05, 0) is 63.9 Å². The molecule has 0 unspecified atom stereocenters. The molecule has 0 amide bonds. The molecule has 0 aliphatic heterocycles. The summed E-state index contributed by atoms with van der Waals surface area (Å²) in [4.78, 5) is 6.30. The molecule has 0 saturated carbocycles. The fourth-order valence-corrected chi connectivity index (χ4v) is 3.03. The predicted octanol–water partition coefficient (Wildman–Crippen LogP) is 5.57. The molecule has 2 rings (SSSR count). The van der Waals surface area contributed by atoms with Crippen LogP contribution in [-0.4, -0.2) is 23.2 Å². The van der Waals surface area contributed by atoms with E-state index in [2.05, 4.69) is 65.8 Å². The third-order valence-electron chi connectivity index (χ3n) is 3.13. The van der Waals surface area contributed by atoms with Gasteiger partial charge < -0.3 is 10.0 Å². The number of aromatic hydroxyl groups is 1. The summed E-state index contributed by atoms with van der Waals surface area (Å²) in [7, 11) is 0. The molecule has 2 aromatic rings. The van der Waals surface area contributed by atoms with Gasteiger partial charge in [0.2, 0.25) is 0 Å². The fourth-order valence-electron chi connectivity index (χ4n) is 1.96. The summed E-state index contributed by atoms with van der Waals surface area (Å²) in [6.07, 6.45) is 1.64. The average Bonchev–Trinajstić information content (AvgIpc) is 2.49. The monoisotopic (exact) mass is 426 g/mol. The van der Waals surface area contributed by atoms with Crippen molar-refractivity contribution in [3.63, 3.8) is 0 Å². The number of aromatic nitrogens is 1. The Morgan fingerprint density at radius 1 is 1.14 bits per heavy atom. The molecule has 1 aromatic carbocycles. The Hall–Kier alpha value is -1.47. The van der Waals surface area contributed by atoms with Gasteiger partial charge in [-0.1, -0.05) is 0 Å². The molecule has 0 saturated heterocycles. The van der Waals surface area contributed by atoms with Gasteiger partial charge in [-0.3, -0.25) is 0 Å². The number of phenols is 1. The fraction of sp³-hybridized carbons (Fsp3) is 0.267. The first-order chi connectivity index (χ1) is 10.5. The summed E-state index contributed by atoms with van der Waals surface area (Å²) in [5, 5.41) is 18.2.